The predicted octanol–water partition coefficient (Wildman–Crippen LogP) is 7.04. The fourth-order valence-corrected chi connectivity index (χ4v) is 6.16. The van der Waals surface area contributed by atoms with Crippen molar-refractivity contribution in [3.63, 3.8) is 0 Å². The molecule has 2 heterocycles. The lowest BCUT2D eigenvalue weighted by molar-refractivity contribution is 0.00363. The van der Waals surface area contributed by atoms with E-state index in [-0.39, 0.29) is 17.9 Å². The van der Waals surface area contributed by atoms with Gasteiger partial charge in [0.05, 0.1) is 33.2 Å². The third-order valence-corrected chi connectivity index (χ3v) is 8.61. The van der Waals surface area contributed by atoms with Crippen LogP contribution in [-0.4, -0.2) is 46.3 Å². The largest absolute Gasteiger partial charge is 0.497 e. The van der Waals surface area contributed by atoms with Gasteiger partial charge in [0.1, 0.15) is 23.4 Å². The lowest BCUT2D eigenvalue weighted by atomic mass is 9.80. The molecule has 1 amide bonds. The van der Waals surface area contributed by atoms with Crippen molar-refractivity contribution in [3.05, 3.63) is 163 Å². The van der Waals surface area contributed by atoms with Gasteiger partial charge in [0.2, 0.25) is 0 Å². The van der Waals surface area contributed by atoms with Gasteiger partial charge in [-0.25, -0.2) is 15.0 Å². The zero-order valence-corrected chi connectivity index (χ0v) is 26.6. The molecule has 0 bridgehead atoms. The van der Waals surface area contributed by atoms with Crippen LogP contribution in [0.4, 0.5) is 5.82 Å². The second kappa shape index (κ2) is 13.5. The minimum atomic E-state index is -0.916. The van der Waals surface area contributed by atoms with Crippen LogP contribution in [0.2, 0.25) is 0 Å². The molecule has 2 aromatic heterocycles. The Hall–Kier alpha value is -5.80. The molecule has 2 atom stereocenters. The van der Waals surface area contributed by atoms with Crippen LogP contribution in [-0.2, 0) is 10.3 Å². The Balaban J connectivity index is 1.16. The fourth-order valence-electron chi connectivity index (χ4n) is 6.16. The fraction of sp³-hybridized carbons (Fsp3) is 0.154. The number of anilines is 1. The van der Waals surface area contributed by atoms with Crippen molar-refractivity contribution in [1.29, 1.82) is 0 Å². The summed E-state index contributed by atoms with van der Waals surface area (Å²) in [5.41, 5.74) is 3.71. The van der Waals surface area contributed by atoms with E-state index in [1.165, 1.54) is 6.33 Å². The number of allylic oxidation sites excluding steroid dienone is 1. The predicted molar refractivity (Wildman–Crippen MR) is 184 cm³/mol. The standard InChI is InChI=1S/C39H34N5O4/c1-46-33-19-14-30(15-20-33)39(29-11-7-4-8-12-29,31-16-21-34(47-2)22-17-31)48-24-27-13-18-32(23-27)44-26-42-35-36(40-25-41-37(35)44)43-38(45)28-9-5-3-6-10-28/h3-23,25-27,32H,24H2,1-2H3,(H,40,41,43,45)/t27-,32-/m0/s1. The van der Waals surface area contributed by atoms with Gasteiger partial charge in [-0.15, -0.1) is 0 Å². The molecular formula is C39H34N5O4. The zero-order valence-electron chi connectivity index (χ0n) is 26.6. The smallest absolute Gasteiger partial charge is 0.256 e. The van der Waals surface area contributed by atoms with Crippen molar-refractivity contribution in [2.45, 2.75) is 11.6 Å². The maximum Gasteiger partial charge on any atom is 0.256 e. The molecule has 1 N–H and O–H groups in total. The van der Waals surface area contributed by atoms with E-state index in [9.17, 15) is 4.79 Å². The quantitative estimate of drug-likeness (QED) is 0.120. The van der Waals surface area contributed by atoms with Gasteiger partial charge >= 0.3 is 0 Å². The van der Waals surface area contributed by atoms with E-state index in [1.807, 2.05) is 65.2 Å². The molecule has 0 aliphatic heterocycles. The normalized spacial score (nSPS) is 15.8. The number of aromatic nitrogens is 4. The third kappa shape index (κ3) is 5.91. The number of hydrogen-bond donors (Lipinski definition) is 1. The minimum Gasteiger partial charge on any atom is -0.497 e. The van der Waals surface area contributed by atoms with Crippen LogP contribution in [0.5, 0.6) is 11.5 Å². The van der Waals surface area contributed by atoms with Crippen molar-refractivity contribution in [2.24, 2.45) is 5.92 Å². The first kappa shape index (κ1) is 30.8. The summed E-state index contributed by atoms with van der Waals surface area (Å²) in [6.45, 7) is 0.403. The molecular weight excluding hydrogens is 602 g/mol. The first-order valence-electron chi connectivity index (χ1n) is 15.6. The molecule has 0 fully saturated rings. The number of imidazole rings is 1. The molecule has 48 heavy (non-hydrogen) atoms. The molecule has 0 saturated heterocycles. The second-order valence-electron chi connectivity index (χ2n) is 11.4. The van der Waals surface area contributed by atoms with Gasteiger partial charge in [-0.3, -0.25) is 4.79 Å². The molecule has 9 nitrogen and oxygen atoms in total. The zero-order chi connectivity index (χ0) is 32.9. The van der Waals surface area contributed by atoms with Gasteiger partial charge in [0.25, 0.3) is 5.91 Å². The molecule has 0 saturated carbocycles. The summed E-state index contributed by atoms with van der Waals surface area (Å²) in [7, 11) is 3.32. The van der Waals surface area contributed by atoms with Crippen LogP contribution in [0.3, 0.4) is 0 Å². The summed E-state index contributed by atoms with van der Waals surface area (Å²) in [6, 6.07) is 35.2. The number of benzene rings is 4. The van der Waals surface area contributed by atoms with Crippen LogP contribution < -0.4 is 14.8 Å². The Morgan fingerprint density at radius 3 is 1.98 bits per heavy atom. The Morgan fingerprint density at radius 2 is 1.35 bits per heavy atom. The molecule has 1 aliphatic rings. The summed E-state index contributed by atoms with van der Waals surface area (Å²) >= 11 is 0. The Morgan fingerprint density at radius 1 is 0.750 bits per heavy atom. The molecule has 0 spiro atoms. The second-order valence-corrected chi connectivity index (χ2v) is 11.4. The van der Waals surface area contributed by atoms with E-state index in [1.54, 1.807) is 32.7 Å². The highest BCUT2D eigenvalue weighted by Gasteiger charge is 2.39. The molecule has 9 heteroatoms. The van der Waals surface area contributed by atoms with Gasteiger partial charge in [-0.1, -0.05) is 84.9 Å². The van der Waals surface area contributed by atoms with E-state index < -0.39 is 5.60 Å². The summed E-state index contributed by atoms with van der Waals surface area (Å²) in [4.78, 5) is 26.2. The lowest BCUT2D eigenvalue weighted by Gasteiger charge is -2.37. The summed E-state index contributed by atoms with van der Waals surface area (Å²) in [5.74, 6) is 1.63. The van der Waals surface area contributed by atoms with E-state index in [2.05, 4.69) is 75.2 Å². The lowest BCUT2D eigenvalue weighted by Crippen LogP contribution is -2.34. The molecule has 6 aromatic rings. The van der Waals surface area contributed by atoms with E-state index in [0.29, 0.717) is 29.2 Å². The van der Waals surface area contributed by atoms with Crippen molar-refractivity contribution in [1.82, 2.24) is 19.5 Å². The van der Waals surface area contributed by atoms with Crippen molar-refractivity contribution in [2.75, 3.05) is 26.1 Å². The van der Waals surface area contributed by atoms with E-state index >= 15 is 0 Å². The third-order valence-electron chi connectivity index (χ3n) is 8.61. The highest BCUT2D eigenvalue weighted by molar-refractivity contribution is 6.06. The average molecular weight is 637 g/mol. The van der Waals surface area contributed by atoms with Crippen molar-refractivity contribution < 1.29 is 19.0 Å². The topological polar surface area (TPSA) is 100 Å². The monoisotopic (exact) mass is 636 g/mol. The number of nitrogens with one attached hydrogen (secondary N) is 1. The van der Waals surface area contributed by atoms with Crippen molar-refractivity contribution in [3.8, 4) is 11.5 Å². The SMILES string of the molecule is COc1ccc(C(OC[C@@H]2[CH][C@@H](n3cnc4c(NC(=O)c5ccccc5)ncnc43)C=C2)(c2ccccc2)c2ccc(OC)cc2)cc1. The minimum absolute atomic E-state index is 0.00822. The maximum absolute atomic E-state index is 12.8. The number of amides is 1. The Bertz CT molecular complexity index is 1980. The number of hydrogen-bond acceptors (Lipinski definition) is 7. The number of rotatable bonds is 11. The van der Waals surface area contributed by atoms with Crippen molar-refractivity contribution >= 4 is 22.9 Å². The van der Waals surface area contributed by atoms with Gasteiger partial charge in [0, 0.05) is 11.5 Å². The highest BCUT2D eigenvalue weighted by Crippen LogP contribution is 2.43. The van der Waals surface area contributed by atoms with Gasteiger partial charge in [-0.2, -0.15) is 0 Å². The molecule has 239 valence electrons. The van der Waals surface area contributed by atoms with E-state index in [4.69, 9.17) is 14.2 Å². The average Bonchev–Trinajstić information content (AvgIpc) is 3.81. The first-order valence-corrected chi connectivity index (χ1v) is 15.6. The number of carbonyl (C=O) groups is 1. The van der Waals surface area contributed by atoms with Crippen LogP contribution in [0.25, 0.3) is 11.2 Å². The van der Waals surface area contributed by atoms with E-state index in [0.717, 1.165) is 28.2 Å². The number of nitrogens with zero attached hydrogens (tertiary/aromatic N) is 4. The number of fused-ring (bicyclic) bond motifs is 1. The van der Waals surface area contributed by atoms with Crippen LogP contribution in [0, 0.1) is 12.3 Å². The van der Waals surface area contributed by atoms with Gasteiger partial charge in [-0.05, 0) is 59.5 Å². The van der Waals surface area contributed by atoms with Gasteiger partial charge < -0.3 is 24.1 Å². The van der Waals surface area contributed by atoms with Crippen LogP contribution in [0.1, 0.15) is 33.1 Å². The van der Waals surface area contributed by atoms with Crippen LogP contribution >= 0.6 is 0 Å². The molecule has 1 aliphatic carbocycles. The number of carbonyl (C=O) groups excluding carboxylic acids is 1. The van der Waals surface area contributed by atoms with Gasteiger partial charge in [0.15, 0.2) is 17.0 Å². The number of methoxy groups -OCH3 is 2. The first-order chi connectivity index (χ1) is 23.6. The molecule has 0 unspecified atom stereocenters. The highest BCUT2D eigenvalue weighted by atomic mass is 16.5. The van der Waals surface area contributed by atoms with Crippen LogP contribution in [0.15, 0.2) is 134 Å². The Kier molecular flexibility index (Phi) is 8.68. The molecule has 7 rings (SSSR count). The molecule has 1 radical (unpaired) electrons. The molecule has 4 aromatic carbocycles. The summed E-state index contributed by atoms with van der Waals surface area (Å²) < 4.78 is 20.1. The summed E-state index contributed by atoms with van der Waals surface area (Å²) in [6.07, 6.45) is 9.65. The number of ether oxygens (including phenoxy) is 3. The summed E-state index contributed by atoms with van der Waals surface area (Å²) in [5, 5.41) is 2.88. The Labute approximate surface area is 278 Å². The maximum atomic E-state index is 12.8.